The van der Waals surface area contributed by atoms with Gasteiger partial charge in [-0.15, -0.1) is 0 Å². The van der Waals surface area contributed by atoms with Gasteiger partial charge in [-0.1, -0.05) is 77.5 Å². The van der Waals surface area contributed by atoms with E-state index in [1.54, 1.807) is 61.5 Å². The van der Waals surface area contributed by atoms with Crippen LogP contribution in [-0.2, 0) is 26.2 Å². The lowest BCUT2D eigenvalue weighted by Gasteiger charge is -2.33. The quantitative estimate of drug-likeness (QED) is 0.291. The zero-order valence-corrected chi connectivity index (χ0v) is 25.8. The van der Waals surface area contributed by atoms with Gasteiger partial charge in [-0.2, -0.15) is 0 Å². The SMILES string of the molecule is Cc1ccc(N(CC(=O)N(Cc2c(Cl)cccc2Cl)[C@@H](C)C(=O)NC2CCCC2)S(=O)(=O)c2ccc(C)cc2)cc1. The second kappa shape index (κ2) is 13.3. The van der Waals surface area contributed by atoms with Crippen LogP contribution in [0, 0.1) is 13.8 Å². The Balaban J connectivity index is 1.71. The van der Waals surface area contributed by atoms with Crippen molar-refractivity contribution in [2.45, 2.75) is 70.0 Å². The number of hydrogen-bond donors (Lipinski definition) is 1. The second-order valence-electron chi connectivity index (χ2n) is 10.5. The van der Waals surface area contributed by atoms with E-state index >= 15 is 0 Å². The fourth-order valence-electron chi connectivity index (χ4n) is 4.91. The molecule has 3 aromatic rings. The lowest BCUT2D eigenvalue weighted by Crippen LogP contribution is -2.52. The highest BCUT2D eigenvalue weighted by Gasteiger charge is 2.34. The van der Waals surface area contributed by atoms with E-state index in [4.69, 9.17) is 23.2 Å². The van der Waals surface area contributed by atoms with Crippen molar-refractivity contribution >= 4 is 50.7 Å². The molecule has 0 heterocycles. The molecule has 0 aromatic heterocycles. The van der Waals surface area contributed by atoms with Crippen LogP contribution in [0.4, 0.5) is 5.69 Å². The first-order valence-electron chi connectivity index (χ1n) is 13.7. The van der Waals surface area contributed by atoms with Crippen LogP contribution in [0.5, 0.6) is 0 Å². The molecule has 0 saturated heterocycles. The molecule has 1 aliphatic carbocycles. The molecule has 218 valence electrons. The minimum atomic E-state index is -4.13. The summed E-state index contributed by atoms with van der Waals surface area (Å²) in [5, 5.41) is 3.75. The van der Waals surface area contributed by atoms with Gasteiger partial charge in [-0.25, -0.2) is 8.42 Å². The summed E-state index contributed by atoms with van der Waals surface area (Å²) in [4.78, 5) is 28.8. The number of aryl methyl sites for hydroxylation is 2. The second-order valence-corrected chi connectivity index (χ2v) is 13.2. The van der Waals surface area contributed by atoms with Gasteiger partial charge in [-0.05, 0) is 70.0 Å². The first-order valence-corrected chi connectivity index (χ1v) is 15.9. The van der Waals surface area contributed by atoms with E-state index in [2.05, 4.69) is 5.32 Å². The van der Waals surface area contributed by atoms with Crippen molar-refractivity contribution < 1.29 is 18.0 Å². The van der Waals surface area contributed by atoms with E-state index < -0.39 is 28.5 Å². The molecule has 3 aromatic carbocycles. The van der Waals surface area contributed by atoms with Gasteiger partial charge in [0, 0.05) is 28.2 Å². The van der Waals surface area contributed by atoms with Crippen LogP contribution in [0.25, 0.3) is 0 Å². The number of benzene rings is 3. The minimum Gasteiger partial charge on any atom is -0.352 e. The maximum Gasteiger partial charge on any atom is 0.264 e. The third-order valence-electron chi connectivity index (χ3n) is 7.47. The fraction of sp³-hybridized carbons (Fsp3) is 0.355. The number of nitrogens with zero attached hydrogens (tertiary/aromatic N) is 2. The van der Waals surface area contributed by atoms with E-state index in [-0.39, 0.29) is 23.4 Å². The summed E-state index contributed by atoms with van der Waals surface area (Å²) in [6.07, 6.45) is 3.86. The zero-order valence-electron chi connectivity index (χ0n) is 23.4. The first kappa shape index (κ1) is 30.9. The number of carbonyl (C=O) groups is 2. The number of carbonyl (C=O) groups excluding carboxylic acids is 2. The highest BCUT2D eigenvalue weighted by molar-refractivity contribution is 7.92. The van der Waals surface area contributed by atoms with Gasteiger partial charge in [0.1, 0.15) is 12.6 Å². The molecular formula is C31H35Cl2N3O4S. The van der Waals surface area contributed by atoms with Crippen LogP contribution in [-0.4, -0.2) is 43.8 Å². The van der Waals surface area contributed by atoms with Crippen LogP contribution in [0.3, 0.4) is 0 Å². The molecule has 2 amide bonds. The first-order chi connectivity index (χ1) is 19.5. The van der Waals surface area contributed by atoms with Gasteiger partial charge in [0.05, 0.1) is 10.6 Å². The van der Waals surface area contributed by atoms with Gasteiger partial charge in [0.25, 0.3) is 10.0 Å². The molecule has 4 rings (SSSR count). The van der Waals surface area contributed by atoms with Crippen LogP contribution in [0.15, 0.2) is 71.6 Å². The van der Waals surface area contributed by atoms with Crippen LogP contribution >= 0.6 is 23.2 Å². The Bertz CT molecular complexity index is 1470. The molecule has 0 bridgehead atoms. The number of anilines is 1. The Kier molecular flexibility index (Phi) is 10.00. The normalized spacial score (nSPS) is 14.5. The van der Waals surface area contributed by atoms with Crippen molar-refractivity contribution in [3.8, 4) is 0 Å². The number of nitrogens with one attached hydrogen (secondary N) is 1. The third kappa shape index (κ3) is 7.42. The number of rotatable bonds is 10. The van der Waals surface area contributed by atoms with E-state index in [0.717, 1.165) is 41.1 Å². The predicted molar refractivity (Wildman–Crippen MR) is 164 cm³/mol. The molecule has 0 aliphatic heterocycles. The van der Waals surface area contributed by atoms with Crippen LogP contribution < -0.4 is 9.62 Å². The summed E-state index contributed by atoms with van der Waals surface area (Å²) in [6, 6.07) is 17.5. The highest BCUT2D eigenvalue weighted by Crippen LogP contribution is 2.29. The minimum absolute atomic E-state index is 0.0526. The Morgan fingerprint density at radius 3 is 2.00 bits per heavy atom. The molecule has 0 unspecified atom stereocenters. The molecule has 7 nitrogen and oxygen atoms in total. The molecule has 0 spiro atoms. The molecule has 1 N–H and O–H groups in total. The summed E-state index contributed by atoms with van der Waals surface area (Å²) < 4.78 is 28.9. The summed E-state index contributed by atoms with van der Waals surface area (Å²) in [6.45, 7) is 4.81. The Hall–Kier alpha value is -3.07. The Labute approximate surface area is 252 Å². The Morgan fingerprint density at radius 2 is 1.44 bits per heavy atom. The van der Waals surface area contributed by atoms with E-state index in [1.807, 2.05) is 13.8 Å². The van der Waals surface area contributed by atoms with Gasteiger partial charge >= 0.3 is 0 Å². The highest BCUT2D eigenvalue weighted by atomic mass is 35.5. The number of sulfonamides is 1. The van der Waals surface area contributed by atoms with Gasteiger partial charge < -0.3 is 10.2 Å². The van der Waals surface area contributed by atoms with E-state index in [0.29, 0.717) is 21.3 Å². The van der Waals surface area contributed by atoms with E-state index in [1.165, 1.54) is 17.0 Å². The molecule has 1 atom stereocenters. The topological polar surface area (TPSA) is 86.8 Å². The average molecular weight is 617 g/mol. The van der Waals surface area contributed by atoms with Crippen molar-refractivity contribution in [2.75, 3.05) is 10.8 Å². The number of amides is 2. The predicted octanol–water partition coefficient (Wildman–Crippen LogP) is 6.28. The molecule has 0 radical (unpaired) electrons. The van der Waals surface area contributed by atoms with Gasteiger partial charge in [0.15, 0.2) is 0 Å². The van der Waals surface area contributed by atoms with Gasteiger partial charge in [0.2, 0.25) is 11.8 Å². The maximum absolute atomic E-state index is 14.1. The summed E-state index contributed by atoms with van der Waals surface area (Å²) in [5.41, 5.74) is 2.67. The smallest absolute Gasteiger partial charge is 0.264 e. The number of hydrogen-bond acceptors (Lipinski definition) is 4. The van der Waals surface area contributed by atoms with Crippen molar-refractivity contribution in [3.63, 3.8) is 0 Å². The lowest BCUT2D eigenvalue weighted by molar-refractivity contribution is -0.139. The standard InChI is InChI=1S/C31H35Cl2N3O4S/c1-21-11-15-25(16-12-21)36(41(39,40)26-17-13-22(2)14-18-26)20-30(37)35(19-27-28(32)9-6-10-29(27)33)23(3)31(38)34-24-7-4-5-8-24/h6,9-18,23-24H,4-5,7-8,19-20H2,1-3H3,(H,34,38)/t23-/m0/s1. The fourth-order valence-corrected chi connectivity index (χ4v) is 6.84. The molecule has 10 heteroatoms. The van der Waals surface area contributed by atoms with E-state index in [9.17, 15) is 18.0 Å². The molecule has 1 aliphatic rings. The average Bonchev–Trinajstić information content (AvgIpc) is 3.45. The Morgan fingerprint density at radius 1 is 0.902 bits per heavy atom. The van der Waals surface area contributed by atoms with Crippen molar-refractivity contribution in [1.29, 1.82) is 0 Å². The van der Waals surface area contributed by atoms with Crippen molar-refractivity contribution in [2.24, 2.45) is 0 Å². The summed E-state index contributed by atoms with van der Waals surface area (Å²) in [7, 11) is -4.13. The largest absolute Gasteiger partial charge is 0.352 e. The van der Waals surface area contributed by atoms with Crippen molar-refractivity contribution in [1.82, 2.24) is 10.2 Å². The van der Waals surface area contributed by atoms with Crippen molar-refractivity contribution in [3.05, 3.63) is 93.5 Å². The molecular weight excluding hydrogens is 581 g/mol. The maximum atomic E-state index is 14.1. The molecule has 1 fully saturated rings. The number of halogens is 2. The summed E-state index contributed by atoms with van der Waals surface area (Å²) >= 11 is 12.9. The van der Waals surface area contributed by atoms with Crippen LogP contribution in [0.1, 0.15) is 49.3 Å². The van der Waals surface area contributed by atoms with Crippen LogP contribution in [0.2, 0.25) is 10.0 Å². The molecule has 41 heavy (non-hydrogen) atoms. The zero-order chi connectivity index (χ0) is 29.7. The summed E-state index contributed by atoms with van der Waals surface area (Å²) in [5.74, 6) is -0.872. The molecule has 1 saturated carbocycles. The lowest BCUT2D eigenvalue weighted by atomic mass is 10.1. The van der Waals surface area contributed by atoms with Gasteiger partial charge in [-0.3, -0.25) is 13.9 Å². The monoisotopic (exact) mass is 615 g/mol. The third-order valence-corrected chi connectivity index (χ3v) is 9.97.